The summed E-state index contributed by atoms with van der Waals surface area (Å²) in [6.45, 7) is 1.99. The second-order valence-electron chi connectivity index (χ2n) is 3.30. The molecule has 1 aliphatic rings. The Labute approximate surface area is 73.7 Å². The molecular weight excluding hydrogens is 151 g/mol. The molecule has 0 radical (unpaired) electrons. The van der Waals surface area contributed by atoms with Crippen molar-refractivity contribution in [1.29, 1.82) is 5.26 Å². The molecular formula is C8H13BN2O. The molecule has 1 saturated heterocycles. The van der Waals surface area contributed by atoms with Gasteiger partial charge in [-0.1, -0.05) is 0 Å². The van der Waals surface area contributed by atoms with Crippen molar-refractivity contribution in [3.63, 3.8) is 0 Å². The summed E-state index contributed by atoms with van der Waals surface area (Å²) in [5.74, 6) is 0.235. The maximum atomic E-state index is 8.76. The van der Waals surface area contributed by atoms with Crippen molar-refractivity contribution in [2.45, 2.75) is 12.8 Å². The predicted molar refractivity (Wildman–Crippen MR) is 49.2 cm³/mol. The topological polar surface area (TPSA) is 47.3 Å². The van der Waals surface area contributed by atoms with Gasteiger partial charge in [-0.25, -0.2) is 0 Å². The first-order valence-electron chi connectivity index (χ1n) is 4.21. The van der Waals surface area contributed by atoms with Gasteiger partial charge in [0, 0.05) is 5.92 Å². The number of hydrogen-bond acceptors (Lipinski definition) is 3. The molecule has 0 amide bonds. The molecule has 1 fully saturated rings. The van der Waals surface area contributed by atoms with E-state index in [0.29, 0.717) is 5.57 Å². The van der Waals surface area contributed by atoms with Crippen molar-refractivity contribution < 1.29 is 5.11 Å². The molecule has 0 spiro atoms. The highest BCUT2D eigenvalue weighted by Crippen LogP contribution is 2.21. The minimum atomic E-state index is 0.235. The number of aliphatic hydroxyl groups is 1. The van der Waals surface area contributed by atoms with Crippen LogP contribution in [-0.2, 0) is 0 Å². The van der Waals surface area contributed by atoms with Crippen LogP contribution >= 0.6 is 0 Å². The van der Waals surface area contributed by atoms with Crippen LogP contribution in [0.3, 0.4) is 0 Å². The summed E-state index contributed by atoms with van der Waals surface area (Å²) in [6.07, 6.45) is 3.08. The third-order valence-corrected chi connectivity index (χ3v) is 2.33. The Balaban J connectivity index is 2.57. The Morgan fingerprint density at radius 1 is 1.75 bits per heavy atom. The minimum absolute atomic E-state index is 0.235. The minimum Gasteiger partial charge on any atom is -0.515 e. The summed E-state index contributed by atoms with van der Waals surface area (Å²) in [7, 11) is 2.04. The lowest BCUT2D eigenvalue weighted by Gasteiger charge is -2.29. The van der Waals surface area contributed by atoms with E-state index in [2.05, 4.69) is 4.81 Å². The molecule has 1 heterocycles. The molecule has 0 saturated carbocycles. The van der Waals surface area contributed by atoms with Gasteiger partial charge in [0.05, 0.1) is 17.9 Å². The third-order valence-electron chi connectivity index (χ3n) is 2.33. The Morgan fingerprint density at radius 3 is 3.00 bits per heavy atom. The van der Waals surface area contributed by atoms with Crippen LogP contribution in [0.1, 0.15) is 12.8 Å². The van der Waals surface area contributed by atoms with Crippen molar-refractivity contribution in [3.8, 4) is 6.07 Å². The van der Waals surface area contributed by atoms with Crippen LogP contribution < -0.4 is 0 Å². The first-order chi connectivity index (χ1) is 5.77. The zero-order chi connectivity index (χ0) is 8.97. The largest absolute Gasteiger partial charge is 0.515 e. The van der Waals surface area contributed by atoms with Crippen LogP contribution in [0.25, 0.3) is 0 Å². The van der Waals surface area contributed by atoms with Gasteiger partial charge in [-0.15, -0.1) is 0 Å². The van der Waals surface area contributed by atoms with Crippen LogP contribution in [-0.4, -0.2) is 31.0 Å². The molecule has 3 nitrogen and oxygen atoms in total. The van der Waals surface area contributed by atoms with Gasteiger partial charge in [-0.2, -0.15) is 5.26 Å². The maximum Gasteiger partial charge on any atom is 0.185 e. The highest BCUT2D eigenvalue weighted by atomic mass is 16.2. The Bertz CT molecular complexity index is 222. The highest BCUT2D eigenvalue weighted by molar-refractivity contribution is 6.04. The van der Waals surface area contributed by atoms with Gasteiger partial charge in [-0.3, -0.25) is 0 Å². The summed E-state index contributed by atoms with van der Waals surface area (Å²) < 4.78 is 0. The van der Waals surface area contributed by atoms with E-state index in [1.54, 1.807) is 0 Å². The summed E-state index contributed by atoms with van der Waals surface area (Å²) in [5, 5.41) is 17.4. The highest BCUT2D eigenvalue weighted by Gasteiger charge is 2.20. The van der Waals surface area contributed by atoms with E-state index in [1.807, 2.05) is 14.1 Å². The zero-order valence-corrected chi connectivity index (χ0v) is 7.32. The molecule has 1 unspecified atom stereocenters. The second kappa shape index (κ2) is 4.17. The van der Waals surface area contributed by atoms with E-state index in [9.17, 15) is 0 Å². The fourth-order valence-electron chi connectivity index (χ4n) is 1.65. The second-order valence-corrected chi connectivity index (χ2v) is 3.30. The maximum absolute atomic E-state index is 8.76. The summed E-state index contributed by atoms with van der Waals surface area (Å²) >= 11 is 0. The number of piperidine rings is 1. The molecule has 1 N–H and O–H groups in total. The lowest BCUT2D eigenvalue weighted by Crippen LogP contribution is -2.33. The fourth-order valence-corrected chi connectivity index (χ4v) is 1.65. The van der Waals surface area contributed by atoms with Gasteiger partial charge in [0.25, 0.3) is 0 Å². The molecule has 12 heavy (non-hydrogen) atoms. The van der Waals surface area contributed by atoms with Crippen LogP contribution in [0.5, 0.6) is 0 Å². The number of rotatable bonds is 1. The van der Waals surface area contributed by atoms with Crippen molar-refractivity contribution in [3.05, 3.63) is 11.8 Å². The smallest absolute Gasteiger partial charge is 0.185 e. The normalized spacial score (nSPS) is 26.6. The Kier molecular flexibility index (Phi) is 3.18. The van der Waals surface area contributed by atoms with Crippen molar-refractivity contribution in [2.75, 3.05) is 13.1 Å². The standard InChI is InChI=1S/C8H13BN2O/c9-11-3-1-2-7(5-11)8(4-10)6-12/h6-7,12H,1-3,5,9H2/b8-6+. The molecule has 1 aliphatic heterocycles. The van der Waals surface area contributed by atoms with Gasteiger partial charge in [-0.05, 0) is 25.9 Å². The lowest BCUT2D eigenvalue weighted by molar-refractivity contribution is 0.302. The summed E-state index contributed by atoms with van der Waals surface area (Å²) in [6, 6.07) is 2.03. The predicted octanol–water partition coefficient (Wildman–Crippen LogP) is 0.212. The first kappa shape index (κ1) is 9.15. The molecule has 0 aromatic heterocycles. The van der Waals surface area contributed by atoms with E-state index in [-0.39, 0.29) is 5.92 Å². The van der Waals surface area contributed by atoms with E-state index in [0.717, 1.165) is 32.2 Å². The third kappa shape index (κ3) is 2.02. The van der Waals surface area contributed by atoms with Gasteiger partial charge in [0.15, 0.2) is 7.98 Å². The van der Waals surface area contributed by atoms with Crippen LogP contribution in [0, 0.1) is 17.2 Å². The van der Waals surface area contributed by atoms with Gasteiger partial charge in [0.2, 0.25) is 0 Å². The zero-order valence-electron chi connectivity index (χ0n) is 7.32. The summed E-state index contributed by atoms with van der Waals surface area (Å²) in [5.41, 5.74) is 0.515. The molecule has 1 rings (SSSR count). The monoisotopic (exact) mass is 164 g/mol. The number of aliphatic hydroxyl groups excluding tert-OH is 1. The quantitative estimate of drug-likeness (QED) is 0.342. The number of nitrogens with zero attached hydrogens (tertiary/aromatic N) is 2. The molecule has 0 bridgehead atoms. The van der Waals surface area contributed by atoms with E-state index < -0.39 is 0 Å². The van der Waals surface area contributed by atoms with Crippen molar-refractivity contribution in [1.82, 2.24) is 4.81 Å². The SMILES string of the molecule is BN1CCCC(/C(C#N)=C/O)C1. The van der Waals surface area contributed by atoms with Crippen molar-refractivity contribution in [2.24, 2.45) is 5.92 Å². The summed E-state index contributed by atoms with van der Waals surface area (Å²) in [4.78, 5) is 2.19. The number of hydrogen-bond donors (Lipinski definition) is 1. The Hall–Kier alpha value is -0.945. The van der Waals surface area contributed by atoms with Crippen molar-refractivity contribution >= 4 is 7.98 Å². The Morgan fingerprint density at radius 2 is 2.50 bits per heavy atom. The average Bonchev–Trinajstić information content (AvgIpc) is 2.07. The number of nitriles is 1. The van der Waals surface area contributed by atoms with Gasteiger partial charge >= 0.3 is 0 Å². The van der Waals surface area contributed by atoms with Crippen LogP contribution in [0.4, 0.5) is 0 Å². The van der Waals surface area contributed by atoms with Gasteiger partial charge < -0.3 is 9.92 Å². The molecule has 0 aliphatic carbocycles. The fraction of sp³-hybridized carbons (Fsp3) is 0.625. The van der Waals surface area contributed by atoms with E-state index >= 15 is 0 Å². The average molecular weight is 164 g/mol. The first-order valence-corrected chi connectivity index (χ1v) is 4.21. The van der Waals surface area contributed by atoms with E-state index in [1.165, 1.54) is 0 Å². The molecule has 4 heteroatoms. The molecule has 0 aromatic rings. The molecule has 0 aromatic carbocycles. The van der Waals surface area contributed by atoms with Crippen LogP contribution in [0.15, 0.2) is 11.8 Å². The van der Waals surface area contributed by atoms with E-state index in [4.69, 9.17) is 10.4 Å². The van der Waals surface area contributed by atoms with Crippen LogP contribution in [0.2, 0.25) is 0 Å². The molecule has 64 valence electrons. The molecule has 1 atom stereocenters. The lowest BCUT2D eigenvalue weighted by atomic mass is 9.90. The van der Waals surface area contributed by atoms with Gasteiger partial charge in [0.1, 0.15) is 0 Å².